The molecule has 3 aliphatic rings. The van der Waals surface area contributed by atoms with Crippen LogP contribution in [0.5, 0.6) is 0 Å². The van der Waals surface area contributed by atoms with Gasteiger partial charge in [-0.3, -0.25) is 9.59 Å². The molecule has 1 unspecified atom stereocenters. The highest BCUT2D eigenvalue weighted by molar-refractivity contribution is 5.98. The topological polar surface area (TPSA) is 86.9 Å². The molecule has 7 heteroatoms. The largest absolute Gasteiger partial charge is 0.391 e. The molecule has 0 spiro atoms. The molecule has 2 aliphatic heterocycles. The average molecular weight is 522 g/mol. The molecule has 1 aliphatic carbocycles. The summed E-state index contributed by atoms with van der Waals surface area (Å²) in [6.45, 7) is 4.41. The molecule has 0 aromatic heterocycles. The quantitative estimate of drug-likeness (QED) is 0.490. The van der Waals surface area contributed by atoms with Crippen LogP contribution in [0.1, 0.15) is 83.6 Å². The number of primary amides is 1. The number of anilines is 1. The number of β-amino-alcohol motifs (C(OH)–C–C–N with tert-alkyl or cyclic N) is 1. The van der Waals surface area contributed by atoms with Crippen molar-refractivity contribution >= 4 is 17.4 Å². The van der Waals surface area contributed by atoms with Crippen molar-refractivity contribution in [3.63, 3.8) is 0 Å². The number of nitrogens with zero attached hydrogens (tertiary/aromatic N) is 2. The number of aliphatic hydroxyl groups excluding tert-OH is 1. The van der Waals surface area contributed by atoms with E-state index >= 15 is 0 Å². The van der Waals surface area contributed by atoms with Crippen LogP contribution in [0, 0.1) is 17.7 Å². The first-order valence-corrected chi connectivity index (χ1v) is 14.3. The number of nitrogens with two attached hydrogens (primary N) is 1. The maximum Gasteiger partial charge on any atom is 0.248 e. The first kappa shape index (κ1) is 26.8. The van der Waals surface area contributed by atoms with Crippen LogP contribution in [0.15, 0.2) is 42.5 Å². The smallest absolute Gasteiger partial charge is 0.248 e. The third-order valence-electron chi connectivity index (χ3n) is 9.06. The molecule has 204 valence electrons. The zero-order chi connectivity index (χ0) is 26.6. The van der Waals surface area contributed by atoms with Crippen LogP contribution >= 0.6 is 0 Å². The number of piperidine rings is 1. The van der Waals surface area contributed by atoms with Crippen LogP contribution in [0.25, 0.3) is 0 Å². The second kappa shape index (κ2) is 12.0. The molecule has 2 aromatic rings. The fourth-order valence-electron chi connectivity index (χ4n) is 6.68. The van der Waals surface area contributed by atoms with Crippen molar-refractivity contribution in [1.82, 2.24) is 4.90 Å². The van der Waals surface area contributed by atoms with Gasteiger partial charge in [0.25, 0.3) is 0 Å². The van der Waals surface area contributed by atoms with E-state index < -0.39 is 0 Å². The normalized spacial score (nSPS) is 25.0. The Balaban J connectivity index is 1.09. The van der Waals surface area contributed by atoms with Gasteiger partial charge in [0.15, 0.2) is 5.78 Å². The number of hydrogen-bond donors (Lipinski definition) is 2. The highest BCUT2D eigenvalue weighted by Crippen LogP contribution is 2.40. The lowest BCUT2D eigenvalue weighted by Crippen LogP contribution is -2.37. The summed E-state index contributed by atoms with van der Waals surface area (Å²) in [7, 11) is 0. The molecule has 1 amide bonds. The van der Waals surface area contributed by atoms with Gasteiger partial charge < -0.3 is 20.6 Å². The molecule has 3 fully saturated rings. The maximum absolute atomic E-state index is 13.2. The predicted molar refractivity (Wildman–Crippen MR) is 147 cm³/mol. The summed E-state index contributed by atoms with van der Waals surface area (Å²) < 4.78 is 13.2. The van der Waals surface area contributed by atoms with E-state index in [0.29, 0.717) is 29.5 Å². The summed E-state index contributed by atoms with van der Waals surface area (Å²) in [5.74, 6) is 0.522. The van der Waals surface area contributed by atoms with Crippen LogP contribution in [0.3, 0.4) is 0 Å². The molecule has 2 saturated heterocycles. The molecule has 6 nitrogen and oxygen atoms in total. The van der Waals surface area contributed by atoms with Crippen molar-refractivity contribution in [3.05, 3.63) is 65.0 Å². The molecular weight excluding hydrogens is 481 g/mol. The van der Waals surface area contributed by atoms with Crippen LogP contribution in [0.2, 0.25) is 0 Å². The van der Waals surface area contributed by atoms with Crippen molar-refractivity contribution < 1.29 is 19.1 Å². The number of rotatable bonds is 8. The van der Waals surface area contributed by atoms with Gasteiger partial charge in [0, 0.05) is 35.8 Å². The number of ketones is 1. The Kier molecular flexibility index (Phi) is 8.44. The molecule has 1 atom stereocenters. The van der Waals surface area contributed by atoms with E-state index in [0.717, 1.165) is 88.8 Å². The van der Waals surface area contributed by atoms with E-state index in [4.69, 9.17) is 5.73 Å². The predicted octanol–water partition coefficient (Wildman–Crippen LogP) is 4.75. The zero-order valence-electron chi connectivity index (χ0n) is 22.2. The summed E-state index contributed by atoms with van der Waals surface area (Å²) in [4.78, 5) is 29.6. The minimum Gasteiger partial charge on any atom is -0.391 e. The minimum absolute atomic E-state index is 0.0335. The Morgan fingerprint density at radius 2 is 1.63 bits per heavy atom. The summed E-state index contributed by atoms with van der Waals surface area (Å²) in [6.07, 6.45) is 7.80. The number of benzene rings is 2. The van der Waals surface area contributed by atoms with E-state index in [1.165, 1.54) is 12.1 Å². The second-order valence-corrected chi connectivity index (χ2v) is 11.5. The van der Waals surface area contributed by atoms with Crippen LogP contribution in [0.4, 0.5) is 10.1 Å². The lowest BCUT2D eigenvalue weighted by Gasteiger charge is -2.34. The van der Waals surface area contributed by atoms with Crippen LogP contribution < -0.4 is 10.6 Å². The van der Waals surface area contributed by atoms with E-state index in [1.807, 2.05) is 12.1 Å². The van der Waals surface area contributed by atoms with Crippen molar-refractivity contribution in [1.29, 1.82) is 0 Å². The molecule has 3 N–H and O–H groups in total. The molecule has 1 saturated carbocycles. The van der Waals surface area contributed by atoms with Gasteiger partial charge in [0.2, 0.25) is 5.91 Å². The maximum atomic E-state index is 13.2. The number of amides is 1. The number of halogens is 1. The van der Waals surface area contributed by atoms with Gasteiger partial charge in [0.1, 0.15) is 5.82 Å². The summed E-state index contributed by atoms with van der Waals surface area (Å²) >= 11 is 0. The van der Waals surface area contributed by atoms with Gasteiger partial charge in [-0.05, 0) is 131 Å². The third kappa shape index (κ3) is 6.26. The Hall–Kier alpha value is -2.77. The van der Waals surface area contributed by atoms with Crippen molar-refractivity contribution in [2.75, 3.05) is 37.6 Å². The number of Topliss-reactive ketones (excluding diaryl/α,β-unsaturated/α-hetero) is 1. The molecule has 38 heavy (non-hydrogen) atoms. The summed E-state index contributed by atoms with van der Waals surface area (Å²) in [6, 6.07) is 11.9. The minimum atomic E-state index is -0.364. The molecule has 2 heterocycles. The van der Waals surface area contributed by atoms with Crippen LogP contribution in [-0.2, 0) is 0 Å². The average Bonchev–Trinajstić information content (AvgIpc) is 3.38. The van der Waals surface area contributed by atoms with Gasteiger partial charge >= 0.3 is 0 Å². The van der Waals surface area contributed by atoms with Gasteiger partial charge in [-0.1, -0.05) is 0 Å². The molecular formula is C31H40FN3O3. The zero-order valence-corrected chi connectivity index (χ0v) is 22.2. The van der Waals surface area contributed by atoms with Crippen molar-refractivity contribution in [2.24, 2.45) is 17.6 Å². The number of aliphatic hydroxyl groups is 1. The lowest BCUT2D eigenvalue weighted by atomic mass is 9.76. The van der Waals surface area contributed by atoms with Crippen LogP contribution in [-0.4, -0.2) is 60.5 Å². The Labute approximate surface area is 225 Å². The van der Waals surface area contributed by atoms with Gasteiger partial charge in [-0.25, -0.2) is 4.39 Å². The van der Waals surface area contributed by atoms with Gasteiger partial charge in [0.05, 0.1) is 6.10 Å². The van der Waals surface area contributed by atoms with E-state index in [1.54, 1.807) is 12.1 Å². The number of carbonyl (C=O) groups is 2. The highest BCUT2D eigenvalue weighted by Gasteiger charge is 2.29. The molecule has 0 radical (unpaired) electrons. The first-order valence-electron chi connectivity index (χ1n) is 14.3. The highest BCUT2D eigenvalue weighted by atomic mass is 19.1. The number of carbonyl (C=O) groups excluding carboxylic acids is 2. The fourth-order valence-corrected chi connectivity index (χ4v) is 6.68. The Morgan fingerprint density at radius 1 is 0.921 bits per heavy atom. The fraction of sp³-hybridized carbons (Fsp3) is 0.548. The standard InChI is InChI=1S/C31H40FN3O3/c32-25-7-5-23(6-8-25)30(37)24-12-16-34(17-13-24)15-11-21-1-3-22(4-2-21)29-19-26(9-10-28(29)31(33)38)35-18-14-27(36)20-35/h5-10,19,21-22,24,27,36H,1-4,11-18,20H2,(H2,33,38). The number of likely N-dealkylation sites (tertiary alicyclic amines) is 1. The van der Waals surface area contributed by atoms with E-state index in [2.05, 4.69) is 15.9 Å². The molecule has 5 rings (SSSR count). The Bertz CT molecular complexity index is 1120. The lowest BCUT2D eigenvalue weighted by molar-refractivity contribution is 0.0832. The molecule has 0 bridgehead atoms. The third-order valence-corrected chi connectivity index (χ3v) is 9.06. The molecule has 2 aromatic carbocycles. The van der Waals surface area contributed by atoms with E-state index in [-0.39, 0.29) is 29.5 Å². The monoisotopic (exact) mass is 521 g/mol. The second-order valence-electron chi connectivity index (χ2n) is 11.5. The van der Waals surface area contributed by atoms with Gasteiger partial charge in [-0.2, -0.15) is 0 Å². The number of hydrogen-bond acceptors (Lipinski definition) is 5. The Morgan fingerprint density at radius 3 is 2.26 bits per heavy atom. The summed E-state index contributed by atoms with van der Waals surface area (Å²) in [5, 5.41) is 9.94. The van der Waals surface area contributed by atoms with E-state index in [9.17, 15) is 19.1 Å². The summed E-state index contributed by atoms with van der Waals surface area (Å²) in [5.41, 5.74) is 9.13. The van der Waals surface area contributed by atoms with Crippen molar-refractivity contribution in [3.8, 4) is 0 Å². The van der Waals surface area contributed by atoms with Gasteiger partial charge in [-0.15, -0.1) is 0 Å². The van der Waals surface area contributed by atoms with Crippen molar-refractivity contribution in [2.45, 2.75) is 63.4 Å². The first-order chi connectivity index (χ1) is 18.4. The SMILES string of the molecule is NC(=O)c1ccc(N2CCC(O)C2)cc1C1CCC(CCN2CCC(C(=O)c3ccc(F)cc3)CC2)CC1.